The average molecular weight is 541 g/mol. The predicted molar refractivity (Wildman–Crippen MR) is 131 cm³/mol. The summed E-state index contributed by atoms with van der Waals surface area (Å²) < 4.78 is 22.1. The van der Waals surface area contributed by atoms with E-state index < -0.39 is 0 Å². The molecule has 0 aliphatic carbocycles. The quantitative estimate of drug-likeness (QED) is 0.252. The van der Waals surface area contributed by atoms with Crippen LogP contribution in [0.4, 0.5) is 5.69 Å². The summed E-state index contributed by atoms with van der Waals surface area (Å²) in [5.74, 6) is 0.892. The SMILES string of the molecule is C=CCOCCOCCCCCOCCOc1ccc(N2CC[N-]CC2)cc1.CC(C)O.[Y]. The fraction of sp³-hybridized carbons (Fsp3) is 0.680. The van der Waals surface area contributed by atoms with Gasteiger partial charge in [-0.2, -0.15) is 0 Å². The van der Waals surface area contributed by atoms with Crippen LogP contribution >= 0.6 is 0 Å². The summed E-state index contributed by atoms with van der Waals surface area (Å²) >= 11 is 0. The largest absolute Gasteiger partial charge is 0.659 e. The Morgan fingerprint density at radius 2 is 1.45 bits per heavy atom. The molecule has 1 radical (unpaired) electrons. The molecule has 0 aromatic heterocycles. The first-order chi connectivity index (χ1) is 15.6. The van der Waals surface area contributed by atoms with E-state index in [0.29, 0.717) is 33.0 Å². The van der Waals surface area contributed by atoms with Crippen LogP contribution in [-0.4, -0.2) is 83.6 Å². The maximum absolute atomic E-state index is 8.06. The van der Waals surface area contributed by atoms with Crippen molar-refractivity contribution in [3.05, 3.63) is 42.2 Å². The molecule has 7 nitrogen and oxygen atoms in total. The molecule has 8 heteroatoms. The van der Waals surface area contributed by atoms with Crippen molar-refractivity contribution >= 4 is 5.69 Å². The third-order valence-corrected chi connectivity index (χ3v) is 4.44. The second kappa shape index (κ2) is 23.2. The van der Waals surface area contributed by atoms with Crippen LogP contribution in [0.3, 0.4) is 0 Å². The Balaban J connectivity index is 0.00000189. The number of piperazine rings is 1. The van der Waals surface area contributed by atoms with Gasteiger partial charge in [-0.1, -0.05) is 6.08 Å². The standard InChI is InChI=1S/C22H35N2O4.C3H8O.Y/c1-2-14-25-17-18-26-15-4-3-5-16-27-19-20-28-22-8-6-21(7-9-22)24-12-10-23-11-13-24;1-3(2)4;/h2,6-9H,1,3-5,10-20H2;3-4H,1-2H3;/q-1;;. The molecule has 1 fully saturated rings. The maximum Gasteiger partial charge on any atom is 0.119 e. The molecule has 0 unspecified atom stereocenters. The summed E-state index contributed by atoms with van der Waals surface area (Å²) in [4.78, 5) is 2.36. The Morgan fingerprint density at radius 3 is 2.03 bits per heavy atom. The second-order valence-electron chi connectivity index (χ2n) is 7.74. The van der Waals surface area contributed by atoms with Gasteiger partial charge in [-0.05, 0) is 70.5 Å². The van der Waals surface area contributed by atoms with Crippen LogP contribution < -0.4 is 9.64 Å². The molecule has 187 valence electrons. The average Bonchev–Trinajstić information content (AvgIpc) is 2.80. The number of unbranched alkanes of at least 4 members (excludes halogenated alkanes) is 2. The fourth-order valence-electron chi connectivity index (χ4n) is 2.91. The van der Waals surface area contributed by atoms with Crippen LogP contribution in [0.2, 0.25) is 0 Å². The number of anilines is 1. The minimum absolute atomic E-state index is 0. The Labute approximate surface area is 226 Å². The van der Waals surface area contributed by atoms with Crippen molar-refractivity contribution in [2.75, 3.05) is 77.3 Å². The molecule has 1 aromatic carbocycles. The maximum atomic E-state index is 8.06. The molecular weight excluding hydrogens is 497 g/mol. The number of rotatable bonds is 16. The minimum atomic E-state index is -0.167. The first-order valence-electron chi connectivity index (χ1n) is 11.8. The summed E-state index contributed by atoms with van der Waals surface area (Å²) in [6.45, 7) is 15.5. The monoisotopic (exact) mass is 540 g/mol. The summed E-state index contributed by atoms with van der Waals surface area (Å²) in [5.41, 5.74) is 1.24. The molecule has 0 saturated carbocycles. The molecule has 0 bridgehead atoms. The van der Waals surface area contributed by atoms with Gasteiger partial charge in [0, 0.05) is 57.7 Å². The molecule has 1 heterocycles. The molecule has 0 spiro atoms. The fourth-order valence-corrected chi connectivity index (χ4v) is 2.91. The third-order valence-electron chi connectivity index (χ3n) is 4.44. The van der Waals surface area contributed by atoms with Crippen LogP contribution in [0.5, 0.6) is 5.75 Å². The zero-order chi connectivity index (χ0) is 23.3. The van der Waals surface area contributed by atoms with Gasteiger partial charge < -0.3 is 34.3 Å². The van der Waals surface area contributed by atoms with E-state index in [9.17, 15) is 0 Å². The smallest absolute Gasteiger partial charge is 0.119 e. The van der Waals surface area contributed by atoms with Gasteiger partial charge in [0.2, 0.25) is 0 Å². The van der Waals surface area contributed by atoms with Crippen molar-refractivity contribution in [2.24, 2.45) is 0 Å². The summed E-state index contributed by atoms with van der Waals surface area (Å²) in [7, 11) is 0. The van der Waals surface area contributed by atoms with Crippen molar-refractivity contribution in [1.82, 2.24) is 0 Å². The van der Waals surface area contributed by atoms with Gasteiger partial charge in [0.25, 0.3) is 0 Å². The number of benzene rings is 1. The number of nitrogens with zero attached hydrogens (tertiary/aromatic N) is 2. The van der Waals surface area contributed by atoms with Gasteiger partial charge in [0.1, 0.15) is 12.4 Å². The van der Waals surface area contributed by atoms with E-state index in [2.05, 4.69) is 28.9 Å². The van der Waals surface area contributed by atoms with Crippen LogP contribution in [0.15, 0.2) is 36.9 Å². The normalized spacial score (nSPS) is 13.2. The topological polar surface area (TPSA) is 74.5 Å². The van der Waals surface area contributed by atoms with Gasteiger partial charge >= 0.3 is 0 Å². The van der Waals surface area contributed by atoms with Gasteiger partial charge in [-0.25, -0.2) is 0 Å². The van der Waals surface area contributed by atoms with E-state index in [1.54, 1.807) is 19.9 Å². The molecule has 33 heavy (non-hydrogen) atoms. The molecule has 1 aliphatic rings. The van der Waals surface area contributed by atoms with Gasteiger partial charge in [-0.3, -0.25) is 0 Å². The van der Waals surface area contributed by atoms with Crippen molar-refractivity contribution in [3.8, 4) is 5.75 Å². The van der Waals surface area contributed by atoms with E-state index >= 15 is 0 Å². The molecule has 1 N–H and O–H groups in total. The zero-order valence-corrected chi connectivity index (χ0v) is 23.5. The Bertz CT molecular complexity index is 551. The molecule has 1 aromatic rings. The van der Waals surface area contributed by atoms with Crippen molar-refractivity contribution < 1.29 is 56.8 Å². The Kier molecular flexibility index (Phi) is 22.8. The number of hydrogen-bond donors (Lipinski definition) is 1. The first kappa shape index (κ1) is 32.5. The predicted octanol–water partition coefficient (Wildman–Crippen LogP) is 4.05. The zero-order valence-electron chi connectivity index (χ0n) is 20.6. The number of ether oxygens (including phenoxy) is 4. The van der Waals surface area contributed by atoms with Crippen LogP contribution in [0.25, 0.3) is 5.32 Å². The first-order valence-corrected chi connectivity index (χ1v) is 11.8. The molecule has 2 rings (SSSR count). The van der Waals surface area contributed by atoms with Crippen molar-refractivity contribution in [1.29, 1.82) is 0 Å². The molecule has 0 amide bonds. The van der Waals surface area contributed by atoms with Crippen molar-refractivity contribution in [2.45, 2.75) is 39.2 Å². The Morgan fingerprint density at radius 1 is 0.909 bits per heavy atom. The second-order valence-corrected chi connectivity index (χ2v) is 7.74. The Hall–Kier alpha value is -0.536. The summed E-state index contributed by atoms with van der Waals surface area (Å²) in [6.07, 6.45) is 4.79. The summed E-state index contributed by atoms with van der Waals surface area (Å²) in [5, 5.41) is 12.4. The van der Waals surface area contributed by atoms with Gasteiger partial charge in [0.05, 0.1) is 26.4 Å². The number of hydrogen-bond acceptors (Lipinski definition) is 6. The molecule has 0 atom stereocenters. The van der Waals surface area contributed by atoms with Crippen molar-refractivity contribution in [3.63, 3.8) is 0 Å². The van der Waals surface area contributed by atoms with E-state index in [-0.39, 0.29) is 38.8 Å². The number of aliphatic hydroxyl groups is 1. The van der Waals surface area contributed by atoms with Gasteiger partial charge in [-0.15, -0.1) is 19.7 Å². The molecule has 1 aliphatic heterocycles. The minimum Gasteiger partial charge on any atom is -0.659 e. The summed E-state index contributed by atoms with van der Waals surface area (Å²) in [6, 6.07) is 8.30. The third kappa shape index (κ3) is 19.5. The van der Waals surface area contributed by atoms with Crippen LogP contribution in [0, 0.1) is 0 Å². The van der Waals surface area contributed by atoms with E-state index in [0.717, 1.165) is 64.4 Å². The van der Waals surface area contributed by atoms with E-state index in [4.69, 9.17) is 24.1 Å². The number of aliphatic hydroxyl groups excluding tert-OH is 1. The van der Waals surface area contributed by atoms with Crippen LogP contribution in [0.1, 0.15) is 33.1 Å². The van der Waals surface area contributed by atoms with Crippen LogP contribution in [-0.2, 0) is 46.9 Å². The molecule has 1 saturated heterocycles. The van der Waals surface area contributed by atoms with Gasteiger partial charge in [0.15, 0.2) is 0 Å². The molecular formula is C25H43N2O5Y-. The van der Waals surface area contributed by atoms with E-state index in [1.165, 1.54) is 5.69 Å². The van der Waals surface area contributed by atoms with E-state index in [1.807, 2.05) is 12.1 Å².